The minimum absolute atomic E-state index is 0.358. The van der Waals surface area contributed by atoms with Gasteiger partial charge in [0, 0.05) is 27.1 Å². The standard InChI is InChI=1S/C13H10Br2FNO/c14-9-2-1-8(7-17)13(5-9)18-12-4-10(15)3-11(16)6-12/h1-6H,7,17H2. The van der Waals surface area contributed by atoms with Gasteiger partial charge in [0.1, 0.15) is 17.3 Å². The Bertz CT molecular complexity index is 555. The first kappa shape index (κ1) is 13.5. The van der Waals surface area contributed by atoms with Gasteiger partial charge in [0.2, 0.25) is 0 Å². The average molecular weight is 375 g/mol. The molecule has 0 aromatic heterocycles. The van der Waals surface area contributed by atoms with E-state index in [9.17, 15) is 4.39 Å². The summed E-state index contributed by atoms with van der Waals surface area (Å²) in [6, 6.07) is 9.96. The Hall–Kier alpha value is -0.910. The summed E-state index contributed by atoms with van der Waals surface area (Å²) in [5.74, 6) is 0.683. The molecule has 2 aromatic carbocycles. The maximum absolute atomic E-state index is 13.2. The predicted molar refractivity (Wildman–Crippen MR) is 76.2 cm³/mol. The molecule has 5 heteroatoms. The second-order valence-electron chi connectivity index (χ2n) is 3.66. The molecule has 0 aliphatic rings. The molecule has 0 radical (unpaired) electrons. The van der Waals surface area contributed by atoms with Crippen molar-refractivity contribution >= 4 is 31.9 Å². The van der Waals surface area contributed by atoms with Crippen LogP contribution in [-0.4, -0.2) is 0 Å². The summed E-state index contributed by atoms with van der Waals surface area (Å²) < 4.78 is 20.4. The summed E-state index contributed by atoms with van der Waals surface area (Å²) in [5.41, 5.74) is 6.50. The van der Waals surface area contributed by atoms with Crippen LogP contribution in [0, 0.1) is 5.82 Å². The van der Waals surface area contributed by atoms with E-state index in [1.165, 1.54) is 12.1 Å². The quantitative estimate of drug-likeness (QED) is 0.851. The summed E-state index contributed by atoms with van der Waals surface area (Å²) in [4.78, 5) is 0. The molecule has 0 unspecified atom stereocenters. The lowest BCUT2D eigenvalue weighted by atomic mass is 10.2. The van der Waals surface area contributed by atoms with Gasteiger partial charge in [-0.1, -0.05) is 37.9 Å². The third-order valence-corrected chi connectivity index (χ3v) is 3.26. The van der Waals surface area contributed by atoms with E-state index in [1.807, 2.05) is 12.1 Å². The molecule has 0 aliphatic carbocycles. The molecule has 2 rings (SSSR count). The topological polar surface area (TPSA) is 35.2 Å². The fraction of sp³-hybridized carbons (Fsp3) is 0.0769. The molecule has 0 heterocycles. The Labute approximate surface area is 121 Å². The van der Waals surface area contributed by atoms with Crippen molar-refractivity contribution in [2.24, 2.45) is 5.73 Å². The Balaban J connectivity index is 2.35. The second-order valence-corrected chi connectivity index (χ2v) is 5.49. The van der Waals surface area contributed by atoms with E-state index < -0.39 is 0 Å². The van der Waals surface area contributed by atoms with Gasteiger partial charge in [0.25, 0.3) is 0 Å². The van der Waals surface area contributed by atoms with E-state index >= 15 is 0 Å². The molecule has 0 spiro atoms. The smallest absolute Gasteiger partial charge is 0.133 e. The van der Waals surface area contributed by atoms with Crippen molar-refractivity contribution in [2.75, 3.05) is 0 Å². The van der Waals surface area contributed by atoms with Crippen molar-refractivity contribution in [3.05, 3.63) is 56.7 Å². The maximum Gasteiger partial charge on any atom is 0.133 e. The first-order valence-electron chi connectivity index (χ1n) is 5.21. The lowest BCUT2D eigenvalue weighted by molar-refractivity contribution is 0.470. The minimum atomic E-state index is -0.358. The van der Waals surface area contributed by atoms with Gasteiger partial charge in [-0.3, -0.25) is 0 Å². The fourth-order valence-corrected chi connectivity index (χ4v) is 2.29. The van der Waals surface area contributed by atoms with Crippen LogP contribution in [0.2, 0.25) is 0 Å². The van der Waals surface area contributed by atoms with Crippen LogP contribution in [0.5, 0.6) is 11.5 Å². The maximum atomic E-state index is 13.2. The summed E-state index contributed by atoms with van der Waals surface area (Å²) in [6.45, 7) is 0.360. The third kappa shape index (κ3) is 3.31. The summed E-state index contributed by atoms with van der Waals surface area (Å²) in [6.07, 6.45) is 0. The molecule has 0 bridgehead atoms. The summed E-state index contributed by atoms with van der Waals surface area (Å²) >= 11 is 6.59. The van der Waals surface area contributed by atoms with Gasteiger partial charge in [-0.15, -0.1) is 0 Å². The van der Waals surface area contributed by atoms with Crippen LogP contribution in [0.3, 0.4) is 0 Å². The number of halogens is 3. The van der Waals surface area contributed by atoms with Crippen LogP contribution in [0.25, 0.3) is 0 Å². The Kier molecular flexibility index (Phi) is 4.37. The number of nitrogens with two attached hydrogens (primary N) is 1. The Morgan fingerprint density at radius 3 is 2.50 bits per heavy atom. The first-order chi connectivity index (χ1) is 8.58. The lowest BCUT2D eigenvalue weighted by Gasteiger charge is -2.11. The highest BCUT2D eigenvalue weighted by Gasteiger charge is 2.06. The Morgan fingerprint density at radius 1 is 1.06 bits per heavy atom. The first-order valence-corrected chi connectivity index (χ1v) is 6.79. The minimum Gasteiger partial charge on any atom is -0.457 e. The molecular formula is C13H10Br2FNO. The zero-order chi connectivity index (χ0) is 13.1. The molecule has 2 aromatic rings. The average Bonchev–Trinajstić information content (AvgIpc) is 2.27. The lowest BCUT2D eigenvalue weighted by Crippen LogP contribution is -1.99. The van der Waals surface area contributed by atoms with Crippen molar-refractivity contribution in [2.45, 2.75) is 6.54 Å². The van der Waals surface area contributed by atoms with Crippen molar-refractivity contribution in [1.82, 2.24) is 0 Å². The van der Waals surface area contributed by atoms with Crippen LogP contribution < -0.4 is 10.5 Å². The Morgan fingerprint density at radius 2 is 1.83 bits per heavy atom. The van der Waals surface area contributed by atoms with E-state index in [2.05, 4.69) is 31.9 Å². The highest BCUT2D eigenvalue weighted by Crippen LogP contribution is 2.30. The SMILES string of the molecule is NCc1ccc(Br)cc1Oc1cc(F)cc(Br)c1. The number of hydrogen-bond donors (Lipinski definition) is 1. The molecule has 0 saturated carbocycles. The number of ether oxygens (including phenoxy) is 1. The molecule has 18 heavy (non-hydrogen) atoms. The van der Waals surface area contributed by atoms with Crippen LogP contribution in [0.1, 0.15) is 5.56 Å². The van der Waals surface area contributed by atoms with Gasteiger partial charge in [-0.2, -0.15) is 0 Å². The van der Waals surface area contributed by atoms with Gasteiger partial charge >= 0.3 is 0 Å². The van der Waals surface area contributed by atoms with Crippen LogP contribution in [-0.2, 0) is 6.54 Å². The molecule has 0 fully saturated rings. The molecule has 0 atom stereocenters. The second kappa shape index (κ2) is 5.82. The number of benzene rings is 2. The normalized spacial score (nSPS) is 10.4. The molecule has 94 valence electrons. The molecule has 0 saturated heterocycles. The van der Waals surface area contributed by atoms with E-state index in [0.717, 1.165) is 10.0 Å². The monoisotopic (exact) mass is 373 g/mol. The van der Waals surface area contributed by atoms with Crippen molar-refractivity contribution in [3.63, 3.8) is 0 Å². The van der Waals surface area contributed by atoms with Gasteiger partial charge in [-0.05, 0) is 24.3 Å². The van der Waals surface area contributed by atoms with Gasteiger partial charge in [-0.25, -0.2) is 4.39 Å². The van der Waals surface area contributed by atoms with Crippen molar-refractivity contribution < 1.29 is 9.13 Å². The van der Waals surface area contributed by atoms with E-state index in [-0.39, 0.29) is 5.82 Å². The zero-order valence-corrected chi connectivity index (χ0v) is 12.5. The number of hydrogen-bond acceptors (Lipinski definition) is 2. The van der Waals surface area contributed by atoms with Crippen molar-refractivity contribution in [3.8, 4) is 11.5 Å². The highest BCUT2D eigenvalue weighted by atomic mass is 79.9. The third-order valence-electron chi connectivity index (χ3n) is 2.31. The van der Waals surface area contributed by atoms with Crippen LogP contribution in [0.4, 0.5) is 4.39 Å². The largest absolute Gasteiger partial charge is 0.457 e. The molecule has 0 aliphatic heterocycles. The zero-order valence-electron chi connectivity index (χ0n) is 9.29. The summed E-state index contributed by atoms with van der Waals surface area (Å²) in [7, 11) is 0. The van der Waals surface area contributed by atoms with Crippen molar-refractivity contribution in [1.29, 1.82) is 0 Å². The van der Waals surface area contributed by atoms with E-state index in [1.54, 1.807) is 12.1 Å². The molecule has 2 N–H and O–H groups in total. The van der Waals surface area contributed by atoms with E-state index in [0.29, 0.717) is 22.5 Å². The van der Waals surface area contributed by atoms with Gasteiger partial charge in [0.05, 0.1) is 0 Å². The number of rotatable bonds is 3. The van der Waals surface area contributed by atoms with Crippen LogP contribution >= 0.6 is 31.9 Å². The molecule has 0 amide bonds. The predicted octanol–water partition coefficient (Wildman–Crippen LogP) is 4.60. The van der Waals surface area contributed by atoms with Crippen LogP contribution in [0.15, 0.2) is 45.3 Å². The van der Waals surface area contributed by atoms with Gasteiger partial charge < -0.3 is 10.5 Å². The van der Waals surface area contributed by atoms with E-state index in [4.69, 9.17) is 10.5 Å². The van der Waals surface area contributed by atoms with Gasteiger partial charge in [0.15, 0.2) is 0 Å². The fourth-order valence-electron chi connectivity index (χ4n) is 1.51. The molecular weight excluding hydrogens is 365 g/mol. The highest BCUT2D eigenvalue weighted by molar-refractivity contribution is 9.10. The molecule has 2 nitrogen and oxygen atoms in total. The summed E-state index contributed by atoms with van der Waals surface area (Å²) in [5, 5.41) is 0.